The van der Waals surface area contributed by atoms with Gasteiger partial charge in [0.25, 0.3) is 0 Å². The number of benzene rings is 1. The summed E-state index contributed by atoms with van der Waals surface area (Å²) in [5, 5.41) is 0.783. The van der Waals surface area contributed by atoms with E-state index in [1.165, 1.54) is 5.56 Å². The van der Waals surface area contributed by atoms with Gasteiger partial charge in [0.1, 0.15) is 0 Å². The van der Waals surface area contributed by atoms with Crippen LogP contribution in [0.3, 0.4) is 0 Å². The molecule has 1 heterocycles. The SMILES string of the molecule is CCOC(=O)C1CCCN([C@H]2CC[C@@](CN)(c3cccc(Cl)c3)CC2)C1.Cl.Cl. The maximum Gasteiger partial charge on any atom is 0.310 e. The number of likely N-dealkylation sites (tertiary alicyclic amines) is 1. The molecule has 3 rings (SSSR count). The summed E-state index contributed by atoms with van der Waals surface area (Å²) in [5.41, 5.74) is 7.53. The molecule has 0 amide bonds. The van der Waals surface area contributed by atoms with Gasteiger partial charge in [0, 0.05) is 29.6 Å². The first kappa shape index (κ1) is 25.5. The molecule has 2 aliphatic rings. The molecule has 4 nitrogen and oxygen atoms in total. The van der Waals surface area contributed by atoms with E-state index in [0.717, 1.165) is 56.6 Å². The predicted molar refractivity (Wildman–Crippen MR) is 120 cm³/mol. The second-order valence-corrected chi connectivity index (χ2v) is 8.25. The van der Waals surface area contributed by atoms with Crippen LogP contribution in [-0.4, -0.2) is 43.2 Å². The Morgan fingerprint density at radius 1 is 1.29 bits per heavy atom. The highest BCUT2D eigenvalue weighted by Gasteiger charge is 2.39. The molecule has 7 heteroatoms. The lowest BCUT2D eigenvalue weighted by atomic mass is 9.68. The number of hydrogen-bond acceptors (Lipinski definition) is 4. The Hall–Kier alpha value is -0.520. The van der Waals surface area contributed by atoms with Crippen LogP contribution >= 0.6 is 36.4 Å². The summed E-state index contributed by atoms with van der Waals surface area (Å²) in [6.07, 6.45) is 6.44. The van der Waals surface area contributed by atoms with Gasteiger partial charge in [-0.05, 0) is 69.7 Å². The van der Waals surface area contributed by atoms with Gasteiger partial charge in [-0.2, -0.15) is 0 Å². The molecule has 0 radical (unpaired) electrons. The molecular formula is C21H33Cl3N2O2. The van der Waals surface area contributed by atoms with Crippen molar-refractivity contribution >= 4 is 42.4 Å². The second-order valence-electron chi connectivity index (χ2n) is 7.81. The Morgan fingerprint density at radius 3 is 2.61 bits per heavy atom. The number of nitrogens with zero attached hydrogens (tertiary/aromatic N) is 1. The topological polar surface area (TPSA) is 55.6 Å². The van der Waals surface area contributed by atoms with Crippen molar-refractivity contribution in [1.82, 2.24) is 4.90 Å². The average Bonchev–Trinajstić information content (AvgIpc) is 2.68. The molecule has 160 valence electrons. The third-order valence-corrected chi connectivity index (χ3v) is 6.56. The lowest BCUT2D eigenvalue weighted by molar-refractivity contribution is -0.150. The number of esters is 1. The molecule has 1 aromatic carbocycles. The molecule has 0 spiro atoms. The minimum absolute atomic E-state index is 0. The summed E-state index contributed by atoms with van der Waals surface area (Å²) in [5.74, 6) is 0.0149. The number of piperidine rings is 1. The van der Waals surface area contributed by atoms with E-state index in [-0.39, 0.29) is 42.1 Å². The summed E-state index contributed by atoms with van der Waals surface area (Å²) in [6, 6.07) is 8.73. The third-order valence-electron chi connectivity index (χ3n) is 6.33. The van der Waals surface area contributed by atoms with Crippen molar-refractivity contribution in [2.24, 2.45) is 11.7 Å². The maximum atomic E-state index is 12.1. The molecule has 2 fully saturated rings. The Balaban J connectivity index is 0.00000196. The largest absolute Gasteiger partial charge is 0.466 e. The van der Waals surface area contributed by atoms with E-state index >= 15 is 0 Å². The lowest BCUT2D eigenvalue weighted by Crippen LogP contribution is -2.49. The van der Waals surface area contributed by atoms with Gasteiger partial charge in [-0.15, -0.1) is 24.8 Å². The standard InChI is InChI=1S/C21H31ClN2O2.2ClH/c1-2-26-20(25)16-5-4-12-24(14-16)19-8-10-21(15-23,11-9-19)17-6-3-7-18(22)13-17;;/h3,6-7,13,16,19H,2,4-5,8-12,14-15,23H2,1H3;2*1H/t16?,19-,21+;;. The molecule has 1 atom stereocenters. The summed E-state index contributed by atoms with van der Waals surface area (Å²) < 4.78 is 5.24. The van der Waals surface area contributed by atoms with Crippen LogP contribution < -0.4 is 5.73 Å². The Bertz CT molecular complexity index is 621. The number of hydrogen-bond donors (Lipinski definition) is 1. The molecule has 1 aliphatic heterocycles. The molecule has 1 saturated heterocycles. The van der Waals surface area contributed by atoms with Crippen LogP contribution in [0, 0.1) is 5.92 Å². The fourth-order valence-corrected chi connectivity index (χ4v) is 4.93. The maximum absolute atomic E-state index is 12.1. The fourth-order valence-electron chi connectivity index (χ4n) is 4.74. The minimum atomic E-state index is -0.0248. The number of carbonyl (C=O) groups is 1. The Labute approximate surface area is 186 Å². The molecule has 28 heavy (non-hydrogen) atoms. The van der Waals surface area contributed by atoms with Gasteiger partial charge in [-0.25, -0.2) is 0 Å². The summed E-state index contributed by atoms with van der Waals surface area (Å²) in [7, 11) is 0. The normalized spacial score (nSPS) is 28.0. The van der Waals surface area contributed by atoms with Gasteiger partial charge in [0.2, 0.25) is 0 Å². The molecule has 1 aromatic rings. The number of rotatable bonds is 5. The Morgan fingerprint density at radius 2 is 2.00 bits per heavy atom. The zero-order valence-corrected chi connectivity index (χ0v) is 19.0. The van der Waals surface area contributed by atoms with Gasteiger partial charge in [0.15, 0.2) is 0 Å². The molecule has 0 bridgehead atoms. The molecule has 1 saturated carbocycles. The second kappa shape index (κ2) is 11.6. The number of nitrogens with two attached hydrogens (primary N) is 1. The molecule has 1 unspecified atom stereocenters. The van der Waals surface area contributed by atoms with E-state index in [1.54, 1.807) is 0 Å². The zero-order valence-electron chi connectivity index (χ0n) is 16.6. The van der Waals surface area contributed by atoms with Crippen LogP contribution in [0.2, 0.25) is 5.02 Å². The number of halogens is 3. The van der Waals surface area contributed by atoms with Gasteiger partial charge < -0.3 is 10.5 Å². The summed E-state index contributed by atoms with van der Waals surface area (Å²) in [4.78, 5) is 14.6. The van der Waals surface area contributed by atoms with Crippen LogP contribution in [0.5, 0.6) is 0 Å². The molecular weight excluding hydrogens is 419 g/mol. The average molecular weight is 452 g/mol. The third kappa shape index (κ3) is 5.76. The predicted octanol–water partition coefficient (Wildman–Crippen LogP) is 4.60. The molecule has 1 aliphatic carbocycles. The van der Waals surface area contributed by atoms with E-state index in [9.17, 15) is 4.79 Å². The first-order valence-electron chi connectivity index (χ1n) is 9.95. The first-order chi connectivity index (χ1) is 12.6. The molecule has 0 aromatic heterocycles. The first-order valence-corrected chi connectivity index (χ1v) is 10.3. The highest BCUT2D eigenvalue weighted by atomic mass is 35.5. The molecule has 2 N–H and O–H groups in total. The number of ether oxygens (including phenoxy) is 1. The van der Waals surface area contributed by atoms with Crippen LogP contribution in [-0.2, 0) is 14.9 Å². The van der Waals surface area contributed by atoms with Gasteiger partial charge >= 0.3 is 5.97 Å². The smallest absolute Gasteiger partial charge is 0.310 e. The van der Waals surface area contributed by atoms with Crippen LogP contribution in [0.15, 0.2) is 24.3 Å². The van der Waals surface area contributed by atoms with Gasteiger partial charge in [-0.3, -0.25) is 9.69 Å². The summed E-state index contributed by atoms with van der Waals surface area (Å²) in [6.45, 7) is 4.94. The highest BCUT2D eigenvalue weighted by molar-refractivity contribution is 6.30. The highest BCUT2D eigenvalue weighted by Crippen LogP contribution is 2.41. The van der Waals surface area contributed by atoms with E-state index < -0.39 is 0 Å². The van der Waals surface area contributed by atoms with Gasteiger partial charge in [-0.1, -0.05) is 23.7 Å². The quantitative estimate of drug-likeness (QED) is 0.665. The fraction of sp³-hybridized carbons (Fsp3) is 0.667. The Kier molecular flexibility index (Phi) is 10.6. The number of carbonyl (C=O) groups excluding carboxylic acids is 1. The zero-order chi connectivity index (χ0) is 18.6. The monoisotopic (exact) mass is 450 g/mol. The van der Waals surface area contributed by atoms with Gasteiger partial charge in [0.05, 0.1) is 12.5 Å². The van der Waals surface area contributed by atoms with Crippen molar-refractivity contribution < 1.29 is 9.53 Å². The van der Waals surface area contributed by atoms with E-state index in [1.807, 2.05) is 19.1 Å². The van der Waals surface area contributed by atoms with E-state index in [2.05, 4.69) is 17.0 Å². The van der Waals surface area contributed by atoms with E-state index in [4.69, 9.17) is 22.1 Å². The van der Waals surface area contributed by atoms with Crippen LogP contribution in [0.25, 0.3) is 0 Å². The lowest BCUT2D eigenvalue weighted by Gasteiger charge is -2.45. The van der Waals surface area contributed by atoms with Crippen molar-refractivity contribution in [1.29, 1.82) is 0 Å². The van der Waals surface area contributed by atoms with Crippen molar-refractivity contribution in [3.8, 4) is 0 Å². The van der Waals surface area contributed by atoms with Crippen molar-refractivity contribution in [2.75, 3.05) is 26.2 Å². The van der Waals surface area contributed by atoms with Crippen molar-refractivity contribution in [2.45, 2.75) is 56.9 Å². The van der Waals surface area contributed by atoms with Crippen molar-refractivity contribution in [3.63, 3.8) is 0 Å². The van der Waals surface area contributed by atoms with E-state index in [0.29, 0.717) is 19.2 Å². The minimum Gasteiger partial charge on any atom is -0.466 e. The summed E-state index contributed by atoms with van der Waals surface area (Å²) >= 11 is 6.21. The van der Waals surface area contributed by atoms with Crippen LogP contribution in [0.4, 0.5) is 0 Å². The van der Waals surface area contributed by atoms with Crippen molar-refractivity contribution in [3.05, 3.63) is 34.9 Å². The van der Waals surface area contributed by atoms with Crippen LogP contribution in [0.1, 0.15) is 51.0 Å².